The van der Waals surface area contributed by atoms with Gasteiger partial charge in [0.2, 0.25) is 10.0 Å². The van der Waals surface area contributed by atoms with Crippen LogP contribution in [0, 0.1) is 0 Å². The minimum absolute atomic E-state index is 0.00588. The predicted molar refractivity (Wildman–Crippen MR) is 95.8 cm³/mol. The molecule has 0 bridgehead atoms. The topological polar surface area (TPSA) is 103 Å². The molecule has 8 heteroatoms. The van der Waals surface area contributed by atoms with E-state index in [0.29, 0.717) is 25.3 Å². The van der Waals surface area contributed by atoms with Crippen LogP contribution in [0.3, 0.4) is 0 Å². The highest BCUT2D eigenvalue weighted by Crippen LogP contribution is 2.18. The molecular formula is C18H21N3O4S. The maximum Gasteiger partial charge on any atom is 0.254 e. The van der Waals surface area contributed by atoms with Crippen molar-refractivity contribution in [2.75, 3.05) is 13.2 Å². The van der Waals surface area contributed by atoms with Crippen molar-refractivity contribution in [3.05, 3.63) is 59.9 Å². The van der Waals surface area contributed by atoms with Gasteiger partial charge in [-0.3, -0.25) is 9.78 Å². The van der Waals surface area contributed by atoms with Crippen LogP contribution in [0.4, 0.5) is 0 Å². The summed E-state index contributed by atoms with van der Waals surface area (Å²) in [5, 5.41) is 5.11. The quantitative estimate of drug-likeness (QED) is 0.825. The number of pyridine rings is 1. The summed E-state index contributed by atoms with van der Waals surface area (Å²) in [6.45, 7) is 1.53. The van der Waals surface area contributed by atoms with Crippen LogP contribution in [0.15, 0.2) is 53.6 Å². The third-order valence-corrected chi connectivity index (χ3v) is 5.17. The molecule has 1 aliphatic heterocycles. The minimum atomic E-state index is -3.79. The van der Waals surface area contributed by atoms with Crippen molar-refractivity contribution >= 4 is 15.9 Å². The molecule has 2 heterocycles. The Bertz CT molecular complexity index is 848. The van der Waals surface area contributed by atoms with Gasteiger partial charge in [0.15, 0.2) is 0 Å². The van der Waals surface area contributed by atoms with E-state index in [9.17, 15) is 13.2 Å². The van der Waals surface area contributed by atoms with Gasteiger partial charge in [0, 0.05) is 24.9 Å². The average Bonchev–Trinajstić information content (AvgIpc) is 3.14. The maximum absolute atomic E-state index is 13.0. The van der Waals surface area contributed by atoms with Gasteiger partial charge in [-0.2, -0.15) is 0 Å². The summed E-state index contributed by atoms with van der Waals surface area (Å²) in [4.78, 5) is 18.9. The van der Waals surface area contributed by atoms with Gasteiger partial charge in [0.1, 0.15) is 0 Å². The molecule has 1 amide bonds. The van der Waals surface area contributed by atoms with Gasteiger partial charge < -0.3 is 9.64 Å². The van der Waals surface area contributed by atoms with E-state index >= 15 is 0 Å². The van der Waals surface area contributed by atoms with Gasteiger partial charge in [-0.1, -0.05) is 6.07 Å². The molecule has 1 aromatic heterocycles. The molecule has 0 spiro atoms. The maximum atomic E-state index is 13.0. The summed E-state index contributed by atoms with van der Waals surface area (Å²) in [5.41, 5.74) is 1.17. The zero-order valence-electron chi connectivity index (χ0n) is 14.2. The largest absolute Gasteiger partial charge is 0.376 e. The Labute approximate surface area is 152 Å². The molecule has 138 valence electrons. The summed E-state index contributed by atoms with van der Waals surface area (Å²) in [6, 6.07) is 11.2. The summed E-state index contributed by atoms with van der Waals surface area (Å²) in [5.74, 6) is -0.202. The number of nitrogens with zero attached hydrogens (tertiary/aromatic N) is 2. The number of sulfonamides is 1. The average molecular weight is 375 g/mol. The summed E-state index contributed by atoms with van der Waals surface area (Å²) in [7, 11) is -3.79. The fraction of sp³-hybridized carbons (Fsp3) is 0.333. The minimum Gasteiger partial charge on any atom is -0.376 e. The Hall–Kier alpha value is -2.29. The SMILES string of the molecule is NS(=O)(=O)c1ccc(C(=O)N(Cc2ccccn2)C[C@H]2CCCO2)cc1. The normalized spacial score (nSPS) is 17.2. The van der Waals surface area contributed by atoms with Gasteiger partial charge >= 0.3 is 0 Å². The Balaban J connectivity index is 1.81. The molecule has 7 nitrogen and oxygen atoms in total. The van der Waals surface area contributed by atoms with E-state index in [1.54, 1.807) is 11.1 Å². The van der Waals surface area contributed by atoms with E-state index in [4.69, 9.17) is 9.88 Å². The number of rotatable bonds is 6. The van der Waals surface area contributed by atoms with Crippen LogP contribution in [-0.2, 0) is 21.3 Å². The van der Waals surface area contributed by atoms with Crippen LogP contribution in [0.2, 0.25) is 0 Å². The van der Waals surface area contributed by atoms with E-state index in [1.165, 1.54) is 24.3 Å². The van der Waals surface area contributed by atoms with Crippen molar-refractivity contribution in [2.24, 2.45) is 5.14 Å². The second-order valence-electron chi connectivity index (χ2n) is 6.21. The van der Waals surface area contributed by atoms with Crippen molar-refractivity contribution in [2.45, 2.75) is 30.4 Å². The second kappa shape index (κ2) is 7.94. The van der Waals surface area contributed by atoms with Crippen molar-refractivity contribution in [1.29, 1.82) is 0 Å². The van der Waals surface area contributed by atoms with E-state index in [1.807, 2.05) is 18.2 Å². The van der Waals surface area contributed by atoms with Crippen LogP contribution in [-0.4, -0.2) is 43.5 Å². The first-order chi connectivity index (χ1) is 12.4. The monoisotopic (exact) mass is 375 g/mol. The summed E-state index contributed by atoms with van der Waals surface area (Å²) < 4.78 is 28.4. The highest BCUT2D eigenvalue weighted by molar-refractivity contribution is 7.89. The van der Waals surface area contributed by atoms with Gasteiger partial charge in [-0.25, -0.2) is 13.6 Å². The molecule has 2 aromatic rings. The lowest BCUT2D eigenvalue weighted by Crippen LogP contribution is -2.37. The fourth-order valence-electron chi connectivity index (χ4n) is 2.91. The molecule has 0 saturated carbocycles. The van der Waals surface area contributed by atoms with E-state index in [0.717, 1.165) is 18.5 Å². The van der Waals surface area contributed by atoms with Crippen LogP contribution in [0.1, 0.15) is 28.9 Å². The smallest absolute Gasteiger partial charge is 0.254 e. The Morgan fingerprint density at radius 2 is 2.00 bits per heavy atom. The number of hydrogen-bond acceptors (Lipinski definition) is 5. The summed E-state index contributed by atoms with van der Waals surface area (Å²) >= 11 is 0. The molecule has 3 rings (SSSR count). The standard InChI is InChI=1S/C18H21N3O4S/c19-26(23,24)17-8-6-14(7-9-17)18(22)21(13-16-5-3-11-25-16)12-15-4-1-2-10-20-15/h1-2,4,6-10,16H,3,5,11-13H2,(H2,19,23,24)/t16-/m1/s1. The van der Waals surface area contributed by atoms with Crippen molar-refractivity contribution in [1.82, 2.24) is 9.88 Å². The first-order valence-corrected chi connectivity index (χ1v) is 9.92. The van der Waals surface area contributed by atoms with Crippen molar-refractivity contribution in [3.8, 4) is 0 Å². The molecular weight excluding hydrogens is 354 g/mol. The molecule has 1 aromatic carbocycles. The number of hydrogen-bond donors (Lipinski definition) is 1. The Morgan fingerprint density at radius 3 is 2.58 bits per heavy atom. The van der Waals surface area contributed by atoms with Crippen molar-refractivity contribution in [3.63, 3.8) is 0 Å². The van der Waals surface area contributed by atoms with Gasteiger partial charge in [-0.05, 0) is 49.2 Å². The number of nitrogens with two attached hydrogens (primary N) is 1. The Kier molecular flexibility index (Phi) is 5.65. The third kappa shape index (κ3) is 4.66. The molecule has 0 unspecified atom stereocenters. The van der Waals surface area contributed by atoms with E-state index in [-0.39, 0.29) is 16.9 Å². The molecule has 0 radical (unpaired) electrons. The zero-order chi connectivity index (χ0) is 18.6. The third-order valence-electron chi connectivity index (χ3n) is 4.24. The fourth-order valence-corrected chi connectivity index (χ4v) is 3.43. The number of aromatic nitrogens is 1. The molecule has 0 aliphatic carbocycles. The molecule has 1 fully saturated rings. The van der Waals surface area contributed by atoms with Crippen LogP contribution >= 0.6 is 0 Å². The van der Waals surface area contributed by atoms with Crippen LogP contribution in [0.25, 0.3) is 0 Å². The van der Waals surface area contributed by atoms with Gasteiger partial charge in [-0.15, -0.1) is 0 Å². The predicted octanol–water partition coefficient (Wildman–Crippen LogP) is 1.55. The molecule has 1 atom stereocenters. The lowest BCUT2D eigenvalue weighted by molar-refractivity contribution is 0.0504. The van der Waals surface area contributed by atoms with Gasteiger partial charge in [0.05, 0.1) is 23.2 Å². The Morgan fingerprint density at radius 1 is 1.23 bits per heavy atom. The number of amides is 1. The number of carbonyl (C=O) groups is 1. The lowest BCUT2D eigenvalue weighted by atomic mass is 10.1. The highest BCUT2D eigenvalue weighted by Gasteiger charge is 2.24. The number of carbonyl (C=O) groups excluding carboxylic acids is 1. The zero-order valence-corrected chi connectivity index (χ0v) is 15.1. The van der Waals surface area contributed by atoms with Gasteiger partial charge in [0.25, 0.3) is 5.91 Å². The lowest BCUT2D eigenvalue weighted by Gasteiger charge is -2.25. The van der Waals surface area contributed by atoms with Crippen molar-refractivity contribution < 1.29 is 17.9 Å². The molecule has 1 aliphatic rings. The first kappa shape index (κ1) is 18.5. The molecule has 26 heavy (non-hydrogen) atoms. The number of ether oxygens (including phenoxy) is 1. The highest BCUT2D eigenvalue weighted by atomic mass is 32.2. The van der Waals surface area contributed by atoms with E-state index < -0.39 is 10.0 Å². The van der Waals surface area contributed by atoms with Crippen LogP contribution in [0.5, 0.6) is 0 Å². The molecule has 2 N–H and O–H groups in total. The summed E-state index contributed by atoms with van der Waals surface area (Å²) in [6.07, 6.45) is 3.59. The molecule has 1 saturated heterocycles. The van der Waals surface area contributed by atoms with E-state index in [2.05, 4.69) is 4.98 Å². The number of primary sulfonamides is 1. The van der Waals surface area contributed by atoms with Crippen LogP contribution < -0.4 is 5.14 Å². The number of benzene rings is 1. The second-order valence-corrected chi connectivity index (χ2v) is 7.77. The first-order valence-electron chi connectivity index (χ1n) is 8.37.